The Morgan fingerprint density at radius 1 is 1.17 bits per heavy atom. The number of halogens is 4. The second kappa shape index (κ2) is 8.18. The van der Waals surface area contributed by atoms with Crippen molar-refractivity contribution in [1.29, 1.82) is 0 Å². The van der Waals surface area contributed by atoms with Gasteiger partial charge in [-0.05, 0) is 25.0 Å². The number of rotatable bonds is 7. The second-order valence-corrected chi connectivity index (χ2v) is 6.44. The maximum atomic E-state index is 12.4. The molecule has 0 aliphatic rings. The number of hydrogen-bond donors (Lipinski definition) is 2. The van der Waals surface area contributed by atoms with E-state index in [-0.39, 0.29) is 19.0 Å². The molecule has 0 saturated carbocycles. The molecule has 0 aliphatic carbocycles. The van der Waals surface area contributed by atoms with Crippen LogP contribution >= 0.6 is 12.4 Å². The van der Waals surface area contributed by atoms with Crippen LogP contribution < -0.4 is 15.2 Å². The monoisotopic (exact) mass is 376 g/mol. The summed E-state index contributed by atoms with van der Waals surface area (Å²) in [4.78, 5) is -0.577. The molecule has 23 heavy (non-hydrogen) atoms. The third-order valence-corrected chi connectivity index (χ3v) is 5.08. The zero-order valence-electron chi connectivity index (χ0n) is 12.7. The lowest BCUT2D eigenvalue weighted by atomic mass is 9.95. The summed E-state index contributed by atoms with van der Waals surface area (Å²) in [5, 5.41) is 0. The summed E-state index contributed by atoms with van der Waals surface area (Å²) in [6, 6.07) is 4.58. The van der Waals surface area contributed by atoms with Gasteiger partial charge in [0.15, 0.2) is 0 Å². The van der Waals surface area contributed by atoms with Gasteiger partial charge in [-0.3, -0.25) is 0 Å². The van der Waals surface area contributed by atoms with Crippen molar-refractivity contribution in [2.45, 2.75) is 43.5 Å². The van der Waals surface area contributed by atoms with E-state index in [0.29, 0.717) is 12.8 Å². The van der Waals surface area contributed by atoms with Gasteiger partial charge in [-0.25, -0.2) is 13.1 Å². The highest BCUT2D eigenvalue weighted by atomic mass is 35.5. The van der Waals surface area contributed by atoms with Crippen LogP contribution in [0.25, 0.3) is 0 Å². The van der Waals surface area contributed by atoms with Crippen LogP contribution in [0.2, 0.25) is 0 Å². The first kappa shape index (κ1) is 22.0. The fourth-order valence-electron chi connectivity index (χ4n) is 1.95. The summed E-state index contributed by atoms with van der Waals surface area (Å²) in [6.07, 6.45) is -4.17. The molecule has 0 unspecified atom stereocenters. The molecule has 1 aromatic rings. The van der Waals surface area contributed by atoms with E-state index in [4.69, 9.17) is 5.73 Å². The lowest BCUT2D eigenvalue weighted by Gasteiger charge is -2.31. The van der Waals surface area contributed by atoms with Crippen LogP contribution in [0.4, 0.5) is 13.2 Å². The molecule has 3 N–H and O–H groups in total. The number of hydrogen-bond acceptors (Lipinski definition) is 4. The summed E-state index contributed by atoms with van der Waals surface area (Å²) in [6.45, 7) is 3.52. The van der Waals surface area contributed by atoms with Gasteiger partial charge in [-0.15, -0.1) is 25.6 Å². The number of benzene rings is 1. The summed E-state index contributed by atoms with van der Waals surface area (Å²) < 4.78 is 68.2. The zero-order valence-corrected chi connectivity index (χ0v) is 14.3. The summed E-state index contributed by atoms with van der Waals surface area (Å²) in [5.74, 6) is -0.777. The third kappa shape index (κ3) is 5.83. The normalized spacial score (nSPS) is 12.6. The molecule has 0 bridgehead atoms. The molecule has 0 spiro atoms. The minimum Gasteiger partial charge on any atom is -0.404 e. The molecule has 0 radical (unpaired) electrons. The molecule has 0 aliphatic heterocycles. The van der Waals surface area contributed by atoms with E-state index in [2.05, 4.69) is 9.46 Å². The topological polar surface area (TPSA) is 81.4 Å². The Morgan fingerprint density at radius 3 is 2.13 bits per heavy atom. The summed E-state index contributed by atoms with van der Waals surface area (Å²) in [7, 11) is -4.21. The highest BCUT2D eigenvalue weighted by molar-refractivity contribution is 7.89. The Bertz CT molecular complexity index is 596. The van der Waals surface area contributed by atoms with Gasteiger partial charge in [0.05, 0.1) is 0 Å². The van der Waals surface area contributed by atoms with E-state index < -0.39 is 32.6 Å². The van der Waals surface area contributed by atoms with Gasteiger partial charge in [0.25, 0.3) is 0 Å². The first-order valence-corrected chi connectivity index (χ1v) is 8.16. The summed E-state index contributed by atoms with van der Waals surface area (Å²) in [5.41, 5.74) is 4.70. The molecular formula is C13H20ClF3N2O3S. The lowest BCUT2D eigenvalue weighted by molar-refractivity contribution is -0.275. The Morgan fingerprint density at radius 2 is 1.70 bits per heavy atom. The Hall–Kier alpha value is -1.03. The zero-order chi connectivity index (χ0) is 17.0. The van der Waals surface area contributed by atoms with Gasteiger partial charge in [0.1, 0.15) is 10.6 Å². The lowest BCUT2D eigenvalue weighted by Crippen LogP contribution is -2.52. The van der Waals surface area contributed by atoms with Gasteiger partial charge in [0, 0.05) is 12.1 Å². The smallest absolute Gasteiger partial charge is 0.404 e. The first-order valence-electron chi connectivity index (χ1n) is 6.68. The van der Waals surface area contributed by atoms with Crippen LogP contribution in [-0.4, -0.2) is 26.9 Å². The fourth-order valence-corrected chi connectivity index (χ4v) is 3.63. The molecule has 10 heteroatoms. The number of para-hydroxylation sites is 1. The van der Waals surface area contributed by atoms with Gasteiger partial charge in [-0.1, -0.05) is 26.0 Å². The van der Waals surface area contributed by atoms with E-state index in [1.54, 1.807) is 13.8 Å². The van der Waals surface area contributed by atoms with Crippen LogP contribution in [0.5, 0.6) is 5.75 Å². The molecule has 0 amide bonds. The standard InChI is InChI=1S/C13H19F3N2O3S.ClH/c1-3-12(4-2,9-17)18-22(19,20)11-8-6-5-7-10(11)21-13(14,15)16;/h5-8,18H,3-4,9,17H2,1-2H3;1H. The molecule has 134 valence electrons. The third-order valence-electron chi connectivity index (χ3n) is 3.46. The average molecular weight is 377 g/mol. The summed E-state index contributed by atoms with van der Waals surface area (Å²) >= 11 is 0. The number of ether oxygens (including phenoxy) is 1. The number of nitrogens with two attached hydrogens (primary N) is 1. The molecule has 0 atom stereocenters. The molecule has 0 aromatic heterocycles. The molecule has 1 rings (SSSR count). The molecular weight excluding hydrogens is 357 g/mol. The van der Waals surface area contributed by atoms with Crippen LogP contribution in [0.1, 0.15) is 26.7 Å². The average Bonchev–Trinajstić information content (AvgIpc) is 2.43. The maximum absolute atomic E-state index is 12.4. The second-order valence-electron chi connectivity index (χ2n) is 4.79. The van der Waals surface area contributed by atoms with Crippen molar-refractivity contribution in [2.75, 3.05) is 6.54 Å². The molecule has 5 nitrogen and oxygen atoms in total. The Balaban J connectivity index is 0.00000484. The van der Waals surface area contributed by atoms with Crippen molar-refractivity contribution in [1.82, 2.24) is 4.72 Å². The molecule has 0 heterocycles. The predicted octanol–water partition coefficient (Wildman–Crippen LogP) is 2.80. The van der Waals surface area contributed by atoms with Crippen LogP contribution in [-0.2, 0) is 10.0 Å². The van der Waals surface area contributed by atoms with Crippen LogP contribution in [0, 0.1) is 0 Å². The van der Waals surface area contributed by atoms with E-state index in [9.17, 15) is 21.6 Å². The van der Waals surface area contributed by atoms with E-state index in [0.717, 1.165) is 12.1 Å². The van der Waals surface area contributed by atoms with Crippen molar-refractivity contribution < 1.29 is 26.3 Å². The largest absolute Gasteiger partial charge is 0.573 e. The predicted molar refractivity (Wildman–Crippen MR) is 83.1 cm³/mol. The maximum Gasteiger partial charge on any atom is 0.573 e. The van der Waals surface area contributed by atoms with Gasteiger partial charge in [0.2, 0.25) is 10.0 Å². The van der Waals surface area contributed by atoms with Crippen molar-refractivity contribution in [3.8, 4) is 5.75 Å². The van der Waals surface area contributed by atoms with E-state index in [1.165, 1.54) is 12.1 Å². The minimum atomic E-state index is -4.98. The van der Waals surface area contributed by atoms with E-state index >= 15 is 0 Å². The number of nitrogens with one attached hydrogen (secondary N) is 1. The Kier molecular flexibility index (Phi) is 7.82. The highest BCUT2D eigenvalue weighted by Gasteiger charge is 2.36. The van der Waals surface area contributed by atoms with Gasteiger partial charge < -0.3 is 10.5 Å². The molecule has 0 saturated heterocycles. The quantitative estimate of drug-likeness (QED) is 0.766. The molecule has 1 aromatic carbocycles. The van der Waals surface area contributed by atoms with Crippen molar-refractivity contribution in [3.05, 3.63) is 24.3 Å². The Labute approximate surface area is 139 Å². The van der Waals surface area contributed by atoms with Crippen molar-refractivity contribution >= 4 is 22.4 Å². The van der Waals surface area contributed by atoms with Crippen LogP contribution in [0.15, 0.2) is 29.2 Å². The van der Waals surface area contributed by atoms with Crippen molar-refractivity contribution in [3.63, 3.8) is 0 Å². The highest BCUT2D eigenvalue weighted by Crippen LogP contribution is 2.30. The first-order chi connectivity index (χ1) is 10.1. The molecule has 0 fully saturated rings. The fraction of sp³-hybridized carbons (Fsp3) is 0.538. The number of alkyl halides is 3. The van der Waals surface area contributed by atoms with Gasteiger partial charge in [-0.2, -0.15) is 0 Å². The number of sulfonamides is 1. The van der Waals surface area contributed by atoms with Crippen LogP contribution in [0.3, 0.4) is 0 Å². The van der Waals surface area contributed by atoms with Gasteiger partial charge >= 0.3 is 6.36 Å². The minimum absolute atomic E-state index is 0. The van der Waals surface area contributed by atoms with Crippen molar-refractivity contribution in [2.24, 2.45) is 5.73 Å². The SMILES string of the molecule is CCC(CC)(CN)NS(=O)(=O)c1ccccc1OC(F)(F)F.Cl. The van der Waals surface area contributed by atoms with E-state index in [1.807, 2.05) is 0 Å².